The summed E-state index contributed by atoms with van der Waals surface area (Å²) in [7, 11) is 1.61. The van der Waals surface area contributed by atoms with Gasteiger partial charge in [-0.3, -0.25) is 4.79 Å². The Morgan fingerprint density at radius 3 is 2.52 bits per heavy atom. The number of aryl methyl sites for hydroxylation is 1. The third-order valence-electron chi connectivity index (χ3n) is 4.37. The third-order valence-corrected chi connectivity index (χ3v) is 4.37. The fourth-order valence-electron chi connectivity index (χ4n) is 3.05. The molecule has 0 unspecified atom stereocenters. The molecule has 2 N–H and O–H groups in total. The van der Waals surface area contributed by atoms with E-state index in [2.05, 4.69) is 20.6 Å². The number of carbonyl (C=O) groups excluding carboxylic acids is 1. The Bertz CT molecular complexity index is 725. The van der Waals surface area contributed by atoms with Crippen LogP contribution in [0.25, 0.3) is 0 Å². The third kappa shape index (κ3) is 4.68. The summed E-state index contributed by atoms with van der Waals surface area (Å²) in [5.74, 6) is 1.03. The van der Waals surface area contributed by atoms with E-state index >= 15 is 0 Å². The van der Waals surface area contributed by atoms with E-state index in [1.807, 2.05) is 6.92 Å². The molecule has 1 saturated carbocycles. The fourth-order valence-corrected chi connectivity index (χ4v) is 3.05. The number of ether oxygens (including phenoxy) is 1. The first-order valence-corrected chi connectivity index (χ1v) is 8.71. The molecule has 1 aliphatic carbocycles. The second-order valence-electron chi connectivity index (χ2n) is 6.38. The molecule has 1 fully saturated rings. The topological polar surface area (TPSA) is 76.1 Å². The molecule has 1 amide bonds. The minimum absolute atomic E-state index is 0.248. The smallest absolute Gasteiger partial charge is 0.274 e. The summed E-state index contributed by atoms with van der Waals surface area (Å²) in [6.07, 6.45) is 6.01. The number of nitrogens with one attached hydrogen (secondary N) is 2. The predicted octanol–water partition coefficient (Wildman–Crippen LogP) is 3.79. The Labute approximate surface area is 148 Å². The minimum Gasteiger partial charge on any atom is -0.497 e. The summed E-state index contributed by atoms with van der Waals surface area (Å²) in [4.78, 5) is 21.3. The number of anilines is 2. The molecular weight excluding hydrogens is 316 g/mol. The van der Waals surface area contributed by atoms with Crippen LogP contribution < -0.4 is 15.4 Å². The van der Waals surface area contributed by atoms with Gasteiger partial charge in [0, 0.05) is 17.4 Å². The molecule has 25 heavy (non-hydrogen) atoms. The van der Waals surface area contributed by atoms with Crippen molar-refractivity contribution in [3.63, 3.8) is 0 Å². The summed E-state index contributed by atoms with van der Waals surface area (Å²) < 4.78 is 5.12. The summed E-state index contributed by atoms with van der Waals surface area (Å²) in [5, 5.41) is 6.23. The summed E-state index contributed by atoms with van der Waals surface area (Å²) >= 11 is 0. The first-order chi connectivity index (χ1) is 12.1. The summed E-state index contributed by atoms with van der Waals surface area (Å²) in [6.45, 7) is 1.87. The van der Waals surface area contributed by atoms with Gasteiger partial charge in [0.2, 0.25) is 5.95 Å². The molecule has 0 radical (unpaired) electrons. The molecule has 1 heterocycles. The number of hydrogen-bond acceptors (Lipinski definition) is 5. The zero-order valence-corrected chi connectivity index (χ0v) is 14.7. The highest BCUT2D eigenvalue weighted by atomic mass is 16.5. The van der Waals surface area contributed by atoms with Gasteiger partial charge < -0.3 is 15.4 Å². The SMILES string of the molecule is COc1ccc(NC(=O)c2cc(C)nc(NC3CCCCC3)n2)cc1. The van der Waals surface area contributed by atoms with Crippen LogP contribution in [0, 0.1) is 6.92 Å². The van der Waals surface area contributed by atoms with Crippen molar-refractivity contribution in [1.82, 2.24) is 9.97 Å². The molecule has 0 atom stereocenters. The quantitative estimate of drug-likeness (QED) is 0.866. The van der Waals surface area contributed by atoms with Gasteiger partial charge >= 0.3 is 0 Å². The molecule has 0 bridgehead atoms. The lowest BCUT2D eigenvalue weighted by Crippen LogP contribution is -2.24. The van der Waals surface area contributed by atoms with Gasteiger partial charge in [-0.15, -0.1) is 0 Å². The van der Waals surface area contributed by atoms with Crippen molar-refractivity contribution in [2.24, 2.45) is 0 Å². The molecule has 0 saturated heterocycles. The van der Waals surface area contributed by atoms with E-state index < -0.39 is 0 Å². The number of methoxy groups -OCH3 is 1. The molecule has 6 nitrogen and oxygen atoms in total. The van der Waals surface area contributed by atoms with Crippen molar-refractivity contribution in [1.29, 1.82) is 0 Å². The molecule has 2 aromatic rings. The van der Waals surface area contributed by atoms with Crippen molar-refractivity contribution >= 4 is 17.5 Å². The van der Waals surface area contributed by atoms with Crippen LogP contribution in [-0.4, -0.2) is 29.0 Å². The Kier molecular flexibility index (Phi) is 5.48. The van der Waals surface area contributed by atoms with Gasteiger partial charge in [0.25, 0.3) is 5.91 Å². The Morgan fingerprint density at radius 1 is 1.12 bits per heavy atom. The maximum atomic E-state index is 12.5. The zero-order valence-electron chi connectivity index (χ0n) is 14.7. The van der Waals surface area contributed by atoms with Gasteiger partial charge in [0.05, 0.1) is 7.11 Å². The Balaban J connectivity index is 1.70. The standard InChI is InChI=1S/C19H24N4O2/c1-13-12-17(18(24)21-15-8-10-16(25-2)11-9-15)23-19(20-13)22-14-6-4-3-5-7-14/h8-12,14H,3-7H2,1-2H3,(H,21,24)(H,20,22,23). The number of carbonyl (C=O) groups is 1. The number of hydrogen-bond donors (Lipinski definition) is 2. The van der Waals surface area contributed by atoms with Gasteiger partial charge in [-0.2, -0.15) is 0 Å². The number of benzene rings is 1. The van der Waals surface area contributed by atoms with E-state index in [9.17, 15) is 4.79 Å². The van der Waals surface area contributed by atoms with E-state index in [-0.39, 0.29) is 5.91 Å². The van der Waals surface area contributed by atoms with Gasteiger partial charge in [-0.25, -0.2) is 9.97 Å². The molecule has 3 rings (SSSR count). The first kappa shape index (κ1) is 17.2. The normalized spacial score (nSPS) is 14.8. The minimum atomic E-state index is -0.248. The molecule has 1 aliphatic rings. The highest BCUT2D eigenvalue weighted by Gasteiger charge is 2.16. The van der Waals surface area contributed by atoms with Crippen molar-refractivity contribution in [2.75, 3.05) is 17.7 Å². The molecule has 0 spiro atoms. The van der Waals surface area contributed by atoms with E-state index in [4.69, 9.17) is 4.74 Å². The summed E-state index contributed by atoms with van der Waals surface area (Å²) in [5.41, 5.74) is 1.83. The first-order valence-electron chi connectivity index (χ1n) is 8.71. The van der Waals surface area contributed by atoms with Gasteiger partial charge in [0.1, 0.15) is 11.4 Å². The molecule has 6 heteroatoms. The van der Waals surface area contributed by atoms with Gasteiger partial charge in [-0.05, 0) is 50.1 Å². The van der Waals surface area contributed by atoms with Gasteiger partial charge in [0.15, 0.2) is 0 Å². The fraction of sp³-hybridized carbons (Fsp3) is 0.421. The van der Waals surface area contributed by atoms with Crippen LogP contribution in [0.15, 0.2) is 30.3 Å². The second kappa shape index (κ2) is 7.96. The van der Waals surface area contributed by atoms with E-state index in [1.54, 1.807) is 37.4 Å². The lowest BCUT2D eigenvalue weighted by Gasteiger charge is -2.23. The molecular formula is C19H24N4O2. The average molecular weight is 340 g/mol. The zero-order chi connectivity index (χ0) is 17.6. The molecule has 1 aromatic heterocycles. The van der Waals surface area contributed by atoms with Crippen molar-refractivity contribution in [3.8, 4) is 5.75 Å². The maximum Gasteiger partial charge on any atom is 0.274 e. The van der Waals surface area contributed by atoms with Crippen LogP contribution in [0.5, 0.6) is 5.75 Å². The van der Waals surface area contributed by atoms with Crippen molar-refractivity contribution in [3.05, 3.63) is 41.7 Å². The number of aromatic nitrogens is 2. The lowest BCUT2D eigenvalue weighted by atomic mass is 9.96. The maximum absolute atomic E-state index is 12.5. The predicted molar refractivity (Wildman–Crippen MR) is 98.2 cm³/mol. The van der Waals surface area contributed by atoms with Crippen LogP contribution in [0.4, 0.5) is 11.6 Å². The second-order valence-corrected chi connectivity index (χ2v) is 6.38. The Morgan fingerprint density at radius 2 is 1.84 bits per heavy atom. The number of nitrogens with zero attached hydrogens (tertiary/aromatic N) is 2. The van der Waals surface area contributed by atoms with E-state index in [0.29, 0.717) is 23.4 Å². The molecule has 0 aliphatic heterocycles. The number of rotatable bonds is 5. The molecule has 132 valence electrons. The van der Waals surface area contributed by atoms with Crippen molar-refractivity contribution in [2.45, 2.75) is 45.1 Å². The van der Waals surface area contributed by atoms with E-state index in [1.165, 1.54) is 19.3 Å². The van der Waals surface area contributed by atoms with Crippen LogP contribution in [0.2, 0.25) is 0 Å². The van der Waals surface area contributed by atoms with Gasteiger partial charge in [-0.1, -0.05) is 19.3 Å². The highest BCUT2D eigenvalue weighted by molar-refractivity contribution is 6.03. The van der Waals surface area contributed by atoms with Crippen LogP contribution in [-0.2, 0) is 0 Å². The lowest BCUT2D eigenvalue weighted by molar-refractivity contribution is 0.102. The average Bonchev–Trinajstić information content (AvgIpc) is 2.62. The van der Waals surface area contributed by atoms with E-state index in [0.717, 1.165) is 24.3 Å². The largest absolute Gasteiger partial charge is 0.497 e. The van der Waals surface area contributed by atoms with Crippen LogP contribution in [0.1, 0.15) is 48.3 Å². The molecule has 1 aromatic carbocycles. The van der Waals surface area contributed by atoms with Crippen LogP contribution in [0.3, 0.4) is 0 Å². The van der Waals surface area contributed by atoms with Crippen LogP contribution >= 0.6 is 0 Å². The Hall–Kier alpha value is -2.63. The highest BCUT2D eigenvalue weighted by Crippen LogP contribution is 2.21. The van der Waals surface area contributed by atoms with Crippen molar-refractivity contribution < 1.29 is 9.53 Å². The number of amides is 1. The summed E-state index contributed by atoms with van der Waals surface area (Å²) in [6, 6.07) is 9.30. The monoisotopic (exact) mass is 340 g/mol.